The number of thiazole rings is 1. The van der Waals surface area contributed by atoms with Gasteiger partial charge in [0, 0.05) is 17.0 Å². The molecule has 3 heteroatoms. The van der Waals surface area contributed by atoms with Crippen molar-refractivity contribution in [1.29, 1.82) is 0 Å². The summed E-state index contributed by atoms with van der Waals surface area (Å²) >= 11 is 1.81. The SMILES string of the molecule is CCc1sc(CNC)nc1-c1ccccc1. The van der Waals surface area contributed by atoms with E-state index in [2.05, 4.69) is 36.5 Å². The molecule has 0 saturated heterocycles. The Morgan fingerprint density at radius 1 is 1.25 bits per heavy atom. The highest BCUT2D eigenvalue weighted by atomic mass is 32.1. The summed E-state index contributed by atoms with van der Waals surface area (Å²) in [4.78, 5) is 6.07. The molecule has 0 radical (unpaired) electrons. The first kappa shape index (κ1) is 11.3. The van der Waals surface area contributed by atoms with Gasteiger partial charge in [-0.1, -0.05) is 37.3 Å². The number of nitrogens with zero attached hydrogens (tertiary/aromatic N) is 1. The maximum atomic E-state index is 4.70. The van der Waals surface area contributed by atoms with Gasteiger partial charge in [0.05, 0.1) is 5.69 Å². The van der Waals surface area contributed by atoms with Gasteiger partial charge < -0.3 is 5.32 Å². The highest BCUT2D eigenvalue weighted by molar-refractivity contribution is 7.12. The van der Waals surface area contributed by atoms with Crippen molar-refractivity contribution in [2.45, 2.75) is 19.9 Å². The van der Waals surface area contributed by atoms with E-state index in [1.165, 1.54) is 15.4 Å². The molecule has 0 aliphatic carbocycles. The third kappa shape index (κ3) is 2.31. The Kier molecular flexibility index (Phi) is 3.70. The molecule has 0 amide bonds. The summed E-state index contributed by atoms with van der Waals surface area (Å²) in [5.41, 5.74) is 2.37. The zero-order valence-electron chi connectivity index (χ0n) is 9.66. The number of aryl methyl sites for hydroxylation is 1. The Morgan fingerprint density at radius 3 is 2.62 bits per heavy atom. The van der Waals surface area contributed by atoms with Crippen LogP contribution in [0.1, 0.15) is 16.8 Å². The molecule has 1 aromatic heterocycles. The van der Waals surface area contributed by atoms with E-state index in [4.69, 9.17) is 4.98 Å². The van der Waals surface area contributed by atoms with Crippen molar-refractivity contribution in [2.75, 3.05) is 7.05 Å². The van der Waals surface area contributed by atoms with Crippen LogP contribution in [-0.4, -0.2) is 12.0 Å². The van der Waals surface area contributed by atoms with Crippen molar-refractivity contribution < 1.29 is 0 Å². The van der Waals surface area contributed by atoms with Gasteiger partial charge in [-0.05, 0) is 13.5 Å². The number of nitrogens with one attached hydrogen (secondary N) is 1. The number of aromatic nitrogens is 1. The monoisotopic (exact) mass is 232 g/mol. The molecule has 0 aliphatic heterocycles. The summed E-state index contributed by atoms with van der Waals surface area (Å²) in [6, 6.07) is 10.4. The van der Waals surface area contributed by atoms with Crippen LogP contribution in [-0.2, 0) is 13.0 Å². The molecule has 2 rings (SSSR count). The summed E-state index contributed by atoms with van der Waals surface area (Å²) in [7, 11) is 1.95. The summed E-state index contributed by atoms with van der Waals surface area (Å²) in [5.74, 6) is 0. The van der Waals surface area contributed by atoms with E-state index in [0.717, 1.165) is 18.7 Å². The van der Waals surface area contributed by atoms with Crippen LogP contribution in [0.15, 0.2) is 30.3 Å². The van der Waals surface area contributed by atoms with E-state index in [-0.39, 0.29) is 0 Å². The average molecular weight is 232 g/mol. The molecule has 2 nitrogen and oxygen atoms in total. The minimum atomic E-state index is 0.852. The molecule has 0 bridgehead atoms. The standard InChI is InChI=1S/C13H16N2S/c1-3-11-13(10-7-5-4-6-8-10)15-12(16-11)9-14-2/h4-8,14H,3,9H2,1-2H3. The van der Waals surface area contributed by atoms with Crippen molar-refractivity contribution in [2.24, 2.45) is 0 Å². The van der Waals surface area contributed by atoms with Crippen LogP contribution < -0.4 is 5.32 Å². The van der Waals surface area contributed by atoms with Gasteiger partial charge in [0.2, 0.25) is 0 Å². The molecule has 0 spiro atoms. The third-order valence-electron chi connectivity index (χ3n) is 2.44. The Labute approximate surface area is 100 Å². The largest absolute Gasteiger partial charge is 0.314 e. The molecular weight excluding hydrogens is 216 g/mol. The van der Waals surface area contributed by atoms with E-state index in [0.29, 0.717) is 0 Å². The molecule has 16 heavy (non-hydrogen) atoms. The minimum Gasteiger partial charge on any atom is -0.314 e. The van der Waals surface area contributed by atoms with E-state index >= 15 is 0 Å². The number of benzene rings is 1. The predicted octanol–water partition coefficient (Wildman–Crippen LogP) is 3.09. The number of rotatable bonds is 4. The molecule has 0 atom stereocenters. The van der Waals surface area contributed by atoms with Crippen molar-refractivity contribution in [3.05, 3.63) is 40.2 Å². The van der Waals surface area contributed by atoms with E-state index in [1.807, 2.05) is 13.1 Å². The Balaban J connectivity index is 2.39. The molecular formula is C13H16N2S. The first-order valence-corrected chi connectivity index (χ1v) is 6.35. The number of hydrogen-bond donors (Lipinski definition) is 1. The van der Waals surface area contributed by atoms with Crippen molar-refractivity contribution >= 4 is 11.3 Å². The fourth-order valence-electron chi connectivity index (χ4n) is 1.69. The molecule has 1 heterocycles. The summed E-state index contributed by atoms with van der Waals surface area (Å²) in [5, 5.41) is 4.31. The van der Waals surface area contributed by atoms with Gasteiger partial charge in [-0.3, -0.25) is 0 Å². The fraction of sp³-hybridized carbons (Fsp3) is 0.308. The van der Waals surface area contributed by atoms with Gasteiger partial charge in [-0.2, -0.15) is 0 Å². The lowest BCUT2D eigenvalue weighted by atomic mass is 10.1. The van der Waals surface area contributed by atoms with Crippen molar-refractivity contribution in [3.63, 3.8) is 0 Å². The van der Waals surface area contributed by atoms with Gasteiger partial charge in [-0.15, -0.1) is 11.3 Å². The lowest BCUT2D eigenvalue weighted by molar-refractivity contribution is 0.810. The first-order chi connectivity index (χ1) is 7.85. The highest BCUT2D eigenvalue weighted by Crippen LogP contribution is 2.28. The van der Waals surface area contributed by atoms with Crippen LogP contribution in [0.3, 0.4) is 0 Å². The first-order valence-electron chi connectivity index (χ1n) is 5.53. The smallest absolute Gasteiger partial charge is 0.107 e. The van der Waals surface area contributed by atoms with Gasteiger partial charge in [0.15, 0.2) is 0 Å². The van der Waals surface area contributed by atoms with Crippen LogP contribution in [0.4, 0.5) is 0 Å². The van der Waals surface area contributed by atoms with Gasteiger partial charge in [0.25, 0.3) is 0 Å². The molecule has 1 N–H and O–H groups in total. The average Bonchev–Trinajstić information content (AvgIpc) is 2.74. The molecule has 0 unspecified atom stereocenters. The molecule has 0 fully saturated rings. The molecule has 0 aliphatic rings. The summed E-state index contributed by atoms with van der Waals surface area (Å²) < 4.78 is 0. The van der Waals surface area contributed by atoms with Crippen LogP contribution in [0.5, 0.6) is 0 Å². The number of hydrogen-bond acceptors (Lipinski definition) is 3. The topological polar surface area (TPSA) is 24.9 Å². The lowest BCUT2D eigenvalue weighted by Gasteiger charge is -1.98. The van der Waals surface area contributed by atoms with E-state index < -0.39 is 0 Å². The van der Waals surface area contributed by atoms with Crippen LogP contribution >= 0.6 is 11.3 Å². The van der Waals surface area contributed by atoms with Gasteiger partial charge in [0.1, 0.15) is 5.01 Å². The maximum Gasteiger partial charge on any atom is 0.107 e. The predicted molar refractivity (Wildman–Crippen MR) is 69.7 cm³/mol. The minimum absolute atomic E-state index is 0.852. The highest BCUT2D eigenvalue weighted by Gasteiger charge is 2.10. The second kappa shape index (κ2) is 5.23. The Morgan fingerprint density at radius 2 is 2.00 bits per heavy atom. The van der Waals surface area contributed by atoms with Crippen LogP contribution in [0, 0.1) is 0 Å². The van der Waals surface area contributed by atoms with Crippen molar-refractivity contribution in [1.82, 2.24) is 10.3 Å². The van der Waals surface area contributed by atoms with Gasteiger partial charge >= 0.3 is 0 Å². The lowest BCUT2D eigenvalue weighted by Crippen LogP contribution is -2.04. The third-order valence-corrected chi connectivity index (χ3v) is 3.64. The second-order valence-electron chi connectivity index (χ2n) is 3.63. The van der Waals surface area contributed by atoms with Gasteiger partial charge in [-0.25, -0.2) is 4.98 Å². The Hall–Kier alpha value is -1.19. The second-order valence-corrected chi connectivity index (χ2v) is 4.80. The van der Waals surface area contributed by atoms with Crippen LogP contribution in [0.25, 0.3) is 11.3 Å². The summed E-state index contributed by atoms with van der Waals surface area (Å²) in [6.07, 6.45) is 1.05. The molecule has 1 aromatic carbocycles. The Bertz CT molecular complexity index is 448. The molecule has 2 aromatic rings. The van der Waals surface area contributed by atoms with E-state index in [1.54, 1.807) is 11.3 Å². The normalized spacial score (nSPS) is 10.6. The van der Waals surface area contributed by atoms with E-state index in [9.17, 15) is 0 Å². The molecule has 84 valence electrons. The van der Waals surface area contributed by atoms with Crippen LogP contribution in [0.2, 0.25) is 0 Å². The fourth-order valence-corrected chi connectivity index (χ4v) is 2.73. The zero-order chi connectivity index (χ0) is 11.4. The molecule has 0 saturated carbocycles. The zero-order valence-corrected chi connectivity index (χ0v) is 10.5. The van der Waals surface area contributed by atoms with Crippen molar-refractivity contribution in [3.8, 4) is 11.3 Å². The summed E-state index contributed by atoms with van der Waals surface area (Å²) in [6.45, 7) is 3.04. The maximum absolute atomic E-state index is 4.70. The quantitative estimate of drug-likeness (QED) is 0.876.